The maximum absolute atomic E-state index is 11.2. The van der Waals surface area contributed by atoms with Crippen LogP contribution < -0.4 is 0 Å². The molecule has 0 radical (unpaired) electrons. The molecule has 0 heterocycles. The second-order valence-electron chi connectivity index (χ2n) is 2.27. The van der Waals surface area contributed by atoms with Crippen molar-refractivity contribution >= 4 is 16.1 Å². The maximum atomic E-state index is 11.2. The van der Waals surface area contributed by atoms with Crippen LogP contribution in [0.4, 0.5) is 0 Å². The first-order chi connectivity index (χ1) is 5.63. The molecule has 0 aliphatic carbocycles. The smallest absolute Gasteiger partial charge is 0.157 e. The lowest BCUT2D eigenvalue weighted by Crippen LogP contribution is -1.97. The van der Waals surface area contributed by atoms with Crippen LogP contribution in [0, 0.1) is 0 Å². The van der Waals surface area contributed by atoms with Gasteiger partial charge in [0, 0.05) is 6.42 Å². The van der Waals surface area contributed by atoms with Gasteiger partial charge in [-0.2, -0.15) is 4.89 Å². The lowest BCUT2D eigenvalue weighted by Gasteiger charge is -1.89. The summed E-state index contributed by atoms with van der Waals surface area (Å²) in [7, 11) is -4.35. The number of rotatable bonds is 6. The Balaban J connectivity index is 4.09. The second kappa shape index (κ2) is 6.62. The van der Waals surface area contributed by atoms with E-state index in [1.165, 1.54) is 0 Å². The van der Waals surface area contributed by atoms with Gasteiger partial charge >= 0.3 is 21.5 Å². The van der Waals surface area contributed by atoms with Gasteiger partial charge in [0.05, 0.1) is 6.61 Å². The highest BCUT2D eigenvalue weighted by atomic mass is 31.2. The molecule has 0 bridgehead atoms. The fraction of sp³-hybridized carbons (Fsp3) is 1.00. The van der Waals surface area contributed by atoms with Crippen molar-refractivity contribution in [2.75, 3.05) is 6.61 Å². The summed E-state index contributed by atoms with van der Waals surface area (Å²) in [5, 5.41) is -0.694. The first-order valence-electron chi connectivity index (χ1n) is 3.88. The standard InChI is InChI=1S/C6H13O4P2/c1-3-5-6(11(7)8)12(9)10-4-2/h6H,3-5H2,1-2H3/q+1/p+1. The van der Waals surface area contributed by atoms with Crippen molar-refractivity contribution < 1.29 is 18.5 Å². The van der Waals surface area contributed by atoms with E-state index >= 15 is 0 Å². The van der Waals surface area contributed by atoms with Crippen LogP contribution in [0.2, 0.25) is 0 Å². The molecule has 0 rings (SSSR count). The maximum Gasteiger partial charge on any atom is 0.567 e. The second-order valence-corrected chi connectivity index (χ2v) is 5.36. The van der Waals surface area contributed by atoms with Crippen LogP contribution in [0.1, 0.15) is 26.7 Å². The topological polar surface area (TPSA) is 63.6 Å². The number of hydrogen-bond acceptors (Lipinski definition) is 3. The lowest BCUT2D eigenvalue weighted by molar-refractivity contribution is 0.345. The molecule has 3 atom stereocenters. The van der Waals surface area contributed by atoms with Crippen molar-refractivity contribution in [2.24, 2.45) is 0 Å². The normalized spacial score (nSPS) is 15.6. The predicted molar refractivity (Wildman–Crippen MR) is 47.8 cm³/mol. The van der Waals surface area contributed by atoms with Crippen molar-refractivity contribution in [2.45, 2.75) is 32.1 Å². The Morgan fingerprint density at radius 1 is 1.42 bits per heavy atom. The Morgan fingerprint density at radius 2 is 2.00 bits per heavy atom. The third-order valence-electron chi connectivity index (χ3n) is 1.30. The van der Waals surface area contributed by atoms with E-state index in [4.69, 9.17) is 9.42 Å². The summed E-state index contributed by atoms with van der Waals surface area (Å²) in [6.45, 7) is 3.90. The molecular weight excluding hydrogens is 198 g/mol. The minimum Gasteiger partial charge on any atom is -0.157 e. The summed E-state index contributed by atoms with van der Waals surface area (Å²) in [5.74, 6) is 0. The molecule has 1 N–H and O–H groups in total. The minimum atomic E-state index is -2.38. The Morgan fingerprint density at radius 3 is 2.33 bits per heavy atom. The van der Waals surface area contributed by atoms with Gasteiger partial charge in [0.15, 0.2) is 0 Å². The van der Waals surface area contributed by atoms with E-state index < -0.39 is 21.5 Å². The summed E-state index contributed by atoms with van der Waals surface area (Å²) >= 11 is 0. The third-order valence-corrected chi connectivity index (χ3v) is 4.49. The quantitative estimate of drug-likeness (QED) is 0.687. The summed E-state index contributed by atoms with van der Waals surface area (Å²) in [6.07, 6.45) is 1.21. The molecule has 12 heavy (non-hydrogen) atoms. The average molecular weight is 212 g/mol. The van der Waals surface area contributed by atoms with Gasteiger partial charge < -0.3 is 0 Å². The van der Waals surface area contributed by atoms with Gasteiger partial charge in [0.25, 0.3) is 0 Å². The third kappa shape index (κ3) is 4.22. The Hall–Kier alpha value is 0.120. The van der Waals surface area contributed by atoms with E-state index in [1.807, 2.05) is 6.92 Å². The molecule has 0 aromatic carbocycles. The molecule has 3 unspecified atom stereocenters. The van der Waals surface area contributed by atoms with Crippen molar-refractivity contribution in [1.29, 1.82) is 0 Å². The SMILES string of the molecule is CCCC([P+](=O)O)[P+](=O)OCC. The van der Waals surface area contributed by atoms with Gasteiger partial charge in [-0.05, 0) is 22.5 Å². The zero-order chi connectivity index (χ0) is 9.56. The van der Waals surface area contributed by atoms with Gasteiger partial charge in [-0.25, -0.2) is 0 Å². The van der Waals surface area contributed by atoms with Crippen LogP contribution in [-0.2, 0) is 13.7 Å². The van der Waals surface area contributed by atoms with Crippen LogP contribution >= 0.6 is 16.1 Å². The first kappa shape index (κ1) is 12.1. The van der Waals surface area contributed by atoms with E-state index in [0.29, 0.717) is 13.0 Å². The van der Waals surface area contributed by atoms with Gasteiger partial charge in [-0.15, -0.1) is 4.52 Å². The van der Waals surface area contributed by atoms with E-state index in [0.717, 1.165) is 6.42 Å². The van der Waals surface area contributed by atoms with Gasteiger partial charge in [-0.1, -0.05) is 6.92 Å². The van der Waals surface area contributed by atoms with Crippen molar-refractivity contribution in [3.05, 3.63) is 0 Å². The highest BCUT2D eigenvalue weighted by Crippen LogP contribution is 2.45. The molecule has 4 nitrogen and oxygen atoms in total. The molecule has 0 aromatic rings. The zero-order valence-electron chi connectivity index (χ0n) is 7.27. The molecule has 0 saturated heterocycles. The molecule has 70 valence electrons. The fourth-order valence-electron chi connectivity index (χ4n) is 0.768. The fourth-order valence-corrected chi connectivity index (χ4v) is 2.99. The molecule has 6 heteroatoms. The minimum absolute atomic E-state index is 0.318. The van der Waals surface area contributed by atoms with Crippen LogP contribution in [0.15, 0.2) is 0 Å². The van der Waals surface area contributed by atoms with Crippen molar-refractivity contribution in [3.8, 4) is 0 Å². The zero-order valence-corrected chi connectivity index (χ0v) is 9.05. The van der Waals surface area contributed by atoms with Crippen molar-refractivity contribution in [1.82, 2.24) is 0 Å². The summed E-state index contributed by atoms with van der Waals surface area (Å²) in [5.41, 5.74) is 0. The Kier molecular flexibility index (Phi) is 6.68. The average Bonchev–Trinajstić information content (AvgIpc) is 1.99. The van der Waals surface area contributed by atoms with Gasteiger partial charge in [-0.3, -0.25) is 0 Å². The van der Waals surface area contributed by atoms with E-state index in [2.05, 4.69) is 0 Å². The molecule has 0 saturated carbocycles. The van der Waals surface area contributed by atoms with Gasteiger partial charge in [0.1, 0.15) is 0 Å². The molecule has 0 aliphatic heterocycles. The summed E-state index contributed by atoms with van der Waals surface area (Å²) in [6, 6.07) is 0. The molecule has 0 aromatic heterocycles. The molecule has 0 amide bonds. The number of hydrogen-bond donors (Lipinski definition) is 1. The highest BCUT2D eigenvalue weighted by molar-refractivity contribution is 7.58. The Labute approximate surface area is 74.1 Å². The highest BCUT2D eigenvalue weighted by Gasteiger charge is 2.48. The molecular formula is C6H14O4P2+2. The van der Waals surface area contributed by atoms with Gasteiger partial charge in [0.2, 0.25) is 0 Å². The predicted octanol–water partition coefficient (Wildman–Crippen LogP) is 2.63. The van der Waals surface area contributed by atoms with Crippen LogP contribution in [0.25, 0.3) is 0 Å². The Bertz CT molecular complexity index is 171. The van der Waals surface area contributed by atoms with E-state index in [9.17, 15) is 9.13 Å². The first-order valence-corrected chi connectivity index (χ1v) is 6.40. The molecule has 0 aliphatic rings. The largest absolute Gasteiger partial charge is 0.567 e. The van der Waals surface area contributed by atoms with E-state index in [-0.39, 0.29) is 0 Å². The monoisotopic (exact) mass is 212 g/mol. The molecule has 0 fully saturated rings. The van der Waals surface area contributed by atoms with Crippen LogP contribution in [0.5, 0.6) is 0 Å². The lowest BCUT2D eigenvalue weighted by atomic mass is 10.4. The van der Waals surface area contributed by atoms with Crippen LogP contribution in [-0.4, -0.2) is 16.9 Å². The van der Waals surface area contributed by atoms with Crippen molar-refractivity contribution in [3.63, 3.8) is 0 Å². The summed E-state index contributed by atoms with van der Waals surface area (Å²) < 4.78 is 26.6. The van der Waals surface area contributed by atoms with E-state index in [1.54, 1.807) is 6.92 Å². The van der Waals surface area contributed by atoms with Crippen LogP contribution in [0.3, 0.4) is 0 Å². The summed E-state index contributed by atoms with van der Waals surface area (Å²) in [4.78, 5) is 8.79. The molecule has 0 spiro atoms.